The van der Waals surface area contributed by atoms with Crippen molar-refractivity contribution in [2.75, 3.05) is 18.0 Å². The van der Waals surface area contributed by atoms with Gasteiger partial charge >= 0.3 is 0 Å². The maximum absolute atomic E-state index is 4.41. The minimum atomic E-state index is 0.809. The summed E-state index contributed by atoms with van der Waals surface area (Å²) in [4.78, 5) is 3.15. The number of hydrogen-bond acceptors (Lipinski definition) is 2. The first kappa shape index (κ1) is 10.9. The van der Waals surface area contributed by atoms with Crippen LogP contribution >= 0.6 is 12.6 Å². The summed E-state index contributed by atoms with van der Waals surface area (Å²) in [5.74, 6) is 0. The molecule has 14 heavy (non-hydrogen) atoms. The molecule has 0 N–H and O–H groups in total. The van der Waals surface area contributed by atoms with E-state index in [1.54, 1.807) is 0 Å². The third-order valence-electron chi connectivity index (χ3n) is 1.92. The van der Waals surface area contributed by atoms with Gasteiger partial charge in [-0.15, -0.1) is 25.8 Å². The van der Waals surface area contributed by atoms with E-state index in [1.807, 2.05) is 30.4 Å². The van der Waals surface area contributed by atoms with E-state index >= 15 is 0 Å². The Kier molecular flexibility index (Phi) is 4.33. The summed E-state index contributed by atoms with van der Waals surface area (Å²) >= 11 is 4.41. The largest absolute Gasteiger partial charge is 0.363 e. The summed E-state index contributed by atoms with van der Waals surface area (Å²) in [6, 6.07) is 8.02. The van der Waals surface area contributed by atoms with Gasteiger partial charge in [-0.05, 0) is 12.1 Å². The second-order valence-electron chi connectivity index (χ2n) is 2.97. The molecule has 1 aromatic carbocycles. The van der Waals surface area contributed by atoms with Gasteiger partial charge in [-0.2, -0.15) is 0 Å². The van der Waals surface area contributed by atoms with E-state index in [0.29, 0.717) is 0 Å². The Hall–Kier alpha value is -1.15. The Labute approximate surface area is 91.2 Å². The zero-order valence-corrected chi connectivity index (χ0v) is 9.08. The van der Waals surface area contributed by atoms with E-state index in [0.717, 1.165) is 23.7 Å². The number of hydrogen-bond donors (Lipinski definition) is 1. The van der Waals surface area contributed by atoms with Gasteiger partial charge in [0.2, 0.25) is 0 Å². The van der Waals surface area contributed by atoms with Gasteiger partial charge in [0.15, 0.2) is 0 Å². The SMILES string of the molecule is C=CCN(CC=C)c1ccccc1S. The minimum absolute atomic E-state index is 0.809. The van der Waals surface area contributed by atoms with Crippen molar-refractivity contribution in [2.45, 2.75) is 4.90 Å². The van der Waals surface area contributed by atoms with Crippen LogP contribution in [0.2, 0.25) is 0 Å². The first-order chi connectivity index (χ1) is 6.79. The quantitative estimate of drug-likeness (QED) is 0.571. The van der Waals surface area contributed by atoms with Crippen molar-refractivity contribution in [2.24, 2.45) is 0 Å². The molecule has 2 heteroatoms. The van der Waals surface area contributed by atoms with Crippen LogP contribution in [0.3, 0.4) is 0 Å². The van der Waals surface area contributed by atoms with Crippen molar-refractivity contribution < 1.29 is 0 Å². The standard InChI is InChI=1S/C12H15NS/c1-3-9-13(10-4-2)11-7-5-6-8-12(11)14/h3-8,14H,1-2,9-10H2. The summed E-state index contributed by atoms with van der Waals surface area (Å²) in [5, 5.41) is 0. The Morgan fingerprint density at radius 2 is 1.71 bits per heavy atom. The number of nitrogens with zero attached hydrogens (tertiary/aromatic N) is 1. The number of para-hydroxylation sites is 1. The Balaban J connectivity index is 2.91. The normalized spacial score (nSPS) is 9.50. The molecule has 1 aromatic rings. The average molecular weight is 205 g/mol. The molecule has 0 fully saturated rings. The van der Waals surface area contributed by atoms with Crippen LogP contribution in [0.25, 0.3) is 0 Å². The maximum Gasteiger partial charge on any atom is 0.0507 e. The van der Waals surface area contributed by atoms with Gasteiger partial charge in [0.25, 0.3) is 0 Å². The van der Waals surface area contributed by atoms with E-state index in [1.165, 1.54) is 0 Å². The molecule has 0 saturated carbocycles. The number of anilines is 1. The highest BCUT2D eigenvalue weighted by Gasteiger charge is 2.04. The fourth-order valence-electron chi connectivity index (χ4n) is 1.31. The predicted molar refractivity (Wildman–Crippen MR) is 66.3 cm³/mol. The zero-order chi connectivity index (χ0) is 10.4. The second kappa shape index (κ2) is 5.55. The highest BCUT2D eigenvalue weighted by Crippen LogP contribution is 2.23. The molecular weight excluding hydrogens is 190 g/mol. The highest BCUT2D eigenvalue weighted by molar-refractivity contribution is 7.80. The van der Waals surface area contributed by atoms with Gasteiger partial charge in [0.1, 0.15) is 0 Å². The van der Waals surface area contributed by atoms with Crippen molar-refractivity contribution in [1.29, 1.82) is 0 Å². The molecule has 0 saturated heterocycles. The molecule has 0 bridgehead atoms. The first-order valence-electron chi connectivity index (χ1n) is 4.54. The minimum Gasteiger partial charge on any atom is -0.363 e. The third-order valence-corrected chi connectivity index (χ3v) is 2.30. The van der Waals surface area contributed by atoms with Crippen molar-refractivity contribution in [1.82, 2.24) is 0 Å². The summed E-state index contributed by atoms with van der Waals surface area (Å²) in [7, 11) is 0. The summed E-state index contributed by atoms with van der Waals surface area (Å²) in [6.07, 6.45) is 3.76. The predicted octanol–water partition coefficient (Wildman–Crippen LogP) is 3.15. The molecule has 0 aliphatic carbocycles. The molecule has 0 radical (unpaired) electrons. The van der Waals surface area contributed by atoms with Crippen molar-refractivity contribution in [3.63, 3.8) is 0 Å². The second-order valence-corrected chi connectivity index (χ2v) is 3.45. The summed E-state index contributed by atoms with van der Waals surface area (Å²) in [6.45, 7) is 9.09. The van der Waals surface area contributed by atoms with Crippen LogP contribution in [-0.2, 0) is 0 Å². The number of rotatable bonds is 5. The monoisotopic (exact) mass is 205 g/mol. The Morgan fingerprint density at radius 1 is 1.14 bits per heavy atom. The van der Waals surface area contributed by atoms with E-state index < -0.39 is 0 Å². The lowest BCUT2D eigenvalue weighted by Crippen LogP contribution is -2.23. The van der Waals surface area contributed by atoms with Crippen LogP contribution in [-0.4, -0.2) is 13.1 Å². The van der Waals surface area contributed by atoms with Gasteiger partial charge in [0, 0.05) is 18.0 Å². The molecule has 0 aliphatic rings. The lowest BCUT2D eigenvalue weighted by atomic mass is 10.3. The fourth-order valence-corrected chi connectivity index (χ4v) is 1.62. The zero-order valence-electron chi connectivity index (χ0n) is 8.19. The molecule has 0 aliphatic heterocycles. The lowest BCUT2D eigenvalue weighted by Gasteiger charge is -2.22. The van der Waals surface area contributed by atoms with Crippen LogP contribution < -0.4 is 4.90 Å². The fraction of sp³-hybridized carbons (Fsp3) is 0.167. The van der Waals surface area contributed by atoms with Crippen molar-refractivity contribution >= 4 is 18.3 Å². The molecule has 1 nitrogen and oxygen atoms in total. The Bertz CT molecular complexity index is 310. The summed E-state index contributed by atoms with van der Waals surface area (Å²) in [5.41, 5.74) is 1.12. The first-order valence-corrected chi connectivity index (χ1v) is 4.99. The van der Waals surface area contributed by atoms with Gasteiger partial charge in [0.05, 0.1) is 5.69 Å². The topological polar surface area (TPSA) is 3.24 Å². The molecule has 0 spiro atoms. The van der Waals surface area contributed by atoms with Gasteiger partial charge in [-0.1, -0.05) is 24.3 Å². The number of benzene rings is 1. The molecule has 0 amide bonds. The Morgan fingerprint density at radius 3 is 2.21 bits per heavy atom. The smallest absolute Gasteiger partial charge is 0.0507 e. The van der Waals surface area contributed by atoms with Gasteiger partial charge in [-0.3, -0.25) is 0 Å². The molecule has 0 aromatic heterocycles. The van der Waals surface area contributed by atoms with E-state index in [4.69, 9.17) is 0 Å². The van der Waals surface area contributed by atoms with E-state index in [-0.39, 0.29) is 0 Å². The highest BCUT2D eigenvalue weighted by atomic mass is 32.1. The van der Waals surface area contributed by atoms with Gasteiger partial charge in [-0.25, -0.2) is 0 Å². The molecule has 0 atom stereocenters. The van der Waals surface area contributed by atoms with E-state index in [2.05, 4.69) is 36.8 Å². The lowest BCUT2D eigenvalue weighted by molar-refractivity contribution is 0.941. The van der Waals surface area contributed by atoms with Gasteiger partial charge < -0.3 is 4.90 Å². The molecule has 74 valence electrons. The summed E-state index contributed by atoms with van der Waals surface area (Å²) < 4.78 is 0. The molecule has 0 heterocycles. The van der Waals surface area contributed by atoms with Crippen LogP contribution in [0.4, 0.5) is 5.69 Å². The van der Waals surface area contributed by atoms with Crippen LogP contribution in [0.15, 0.2) is 54.5 Å². The van der Waals surface area contributed by atoms with Crippen LogP contribution in [0.5, 0.6) is 0 Å². The maximum atomic E-state index is 4.41. The average Bonchev–Trinajstić information content (AvgIpc) is 2.18. The molecule has 1 rings (SSSR count). The molecular formula is C12H15NS. The van der Waals surface area contributed by atoms with E-state index in [9.17, 15) is 0 Å². The van der Waals surface area contributed by atoms with Crippen molar-refractivity contribution in [3.05, 3.63) is 49.6 Å². The third kappa shape index (κ3) is 2.67. The van der Waals surface area contributed by atoms with Crippen molar-refractivity contribution in [3.8, 4) is 0 Å². The molecule has 0 unspecified atom stereocenters. The number of thiol groups is 1. The van der Waals surface area contributed by atoms with Crippen LogP contribution in [0, 0.1) is 0 Å². The van der Waals surface area contributed by atoms with Crippen LogP contribution in [0.1, 0.15) is 0 Å².